The lowest BCUT2D eigenvalue weighted by Gasteiger charge is -2.29. The smallest absolute Gasteiger partial charge is 0.231 e. The first-order chi connectivity index (χ1) is 15.8. The molecule has 160 valence electrons. The van der Waals surface area contributed by atoms with Crippen LogP contribution < -0.4 is 19.7 Å². The number of benzene rings is 1. The Morgan fingerprint density at radius 3 is 2.81 bits per heavy atom. The van der Waals surface area contributed by atoms with E-state index in [1.807, 2.05) is 60.8 Å². The van der Waals surface area contributed by atoms with E-state index in [0.717, 1.165) is 34.3 Å². The molecule has 0 bridgehead atoms. The van der Waals surface area contributed by atoms with Gasteiger partial charge in [0, 0.05) is 29.8 Å². The number of fused-ring (bicyclic) bond motifs is 1. The summed E-state index contributed by atoms with van der Waals surface area (Å²) in [7, 11) is 0. The molecule has 8 heteroatoms. The van der Waals surface area contributed by atoms with Crippen molar-refractivity contribution < 1.29 is 13.9 Å². The molecule has 1 saturated heterocycles. The van der Waals surface area contributed by atoms with Crippen molar-refractivity contribution in [1.82, 2.24) is 14.9 Å². The number of hydrogen-bond acceptors (Lipinski definition) is 5. The van der Waals surface area contributed by atoms with Gasteiger partial charge in [0.25, 0.3) is 0 Å². The van der Waals surface area contributed by atoms with Crippen LogP contribution in [0.1, 0.15) is 29.2 Å². The number of aromatic nitrogens is 2. The Morgan fingerprint density at radius 2 is 1.97 bits per heavy atom. The molecule has 0 radical (unpaired) electrons. The molecule has 2 aliphatic rings. The molecule has 0 saturated carbocycles. The number of hydrogen-bond donors (Lipinski definition) is 1. The fourth-order valence-electron chi connectivity index (χ4n) is 4.38. The molecule has 0 aliphatic carbocycles. The first-order valence-electron chi connectivity index (χ1n) is 10.4. The zero-order chi connectivity index (χ0) is 21.5. The van der Waals surface area contributed by atoms with Crippen LogP contribution in [-0.2, 0) is 6.54 Å². The number of thiocarbonyl (C=S) groups is 1. The second-order valence-electron chi connectivity index (χ2n) is 7.67. The Kier molecular flexibility index (Phi) is 4.57. The number of pyridine rings is 1. The zero-order valence-corrected chi connectivity index (χ0v) is 17.9. The Balaban J connectivity index is 1.46. The standard InChI is InChI=1S/C24H20N4O3S/c32-24-26-22(18-6-1-2-10-25-18)23(19-7-3-11-27(19)14-17-5-4-12-29-17)28(24)16-8-9-20-21(13-16)31-15-30-20/h1-13,22-23H,14-15H2,(H,26,32)/t22-,23+/m1/s1. The predicted octanol–water partition coefficient (Wildman–Crippen LogP) is 4.43. The van der Waals surface area contributed by atoms with Crippen molar-refractivity contribution in [2.75, 3.05) is 11.7 Å². The van der Waals surface area contributed by atoms with Gasteiger partial charge in [-0.2, -0.15) is 0 Å². The summed E-state index contributed by atoms with van der Waals surface area (Å²) < 4.78 is 18.9. The molecule has 5 heterocycles. The van der Waals surface area contributed by atoms with Crippen molar-refractivity contribution in [2.24, 2.45) is 0 Å². The van der Waals surface area contributed by atoms with Gasteiger partial charge >= 0.3 is 0 Å². The van der Waals surface area contributed by atoms with Crippen LogP contribution in [0.2, 0.25) is 0 Å². The normalized spacial score (nSPS) is 19.4. The summed E-state index contributed by atoms with van der Waals surface area (Å²) >= 11 is 5.82. The summed E-state index contributed by atoms with van der Waals surface area (Å²) in [5.74, 6) is 2.35. The maximum atomic E-state index is 5.82. The van der Waals surface area contributed by atoms with E-state index in [9.17, 15) is 0 Å². The maximum Gasteiger partial charge on any atom is 0.231 e. The van der Waals surface area contributed by atoms with E-state index in [-0.39, 0.29) is 18.9 Å². The van der Waals surface area contributed by atoms with Crippen LogP contribution in [0.3, 0.4) is 0 Å². The van der Waals surface area contributed by atoms with Gasteiger partial charge in [-0.15, -0.1) is 0 Å². The lowest BCUT2D eigenvalue weighted by Crippen LogP contribution is -2.30. The summed E-state index contributed by atoms with van der Waals surface area (Å²) in [6.07, 6.45) is 5.56. The average molecular weight is 445 g/mol. The largest absolute Gasteiger partial charge is 0.467 e. The van der Waals surface area contributed by atoms with E-state index >= 15 is 0 Å². The molecule has 0 spiro atoms. The Hall–Kier alpha value is -3.78. The molecular weight excluding hydrogens is 424 g/mol. The molecule has 32 heavy (non-hydrogen) atoms. The third kappa shape index (κ3) is 3.20. The van der Waals surface area contributed by atoms with Gasteiger partial charge in [0.05, 0.1) is 24.5 Å². The van der Waals surface area contributed by atoms with Gasteiger partial charge in [-0.05, 0) is 60.7 Å². The van der Waals surface area contributed by atoms with Gasteiger partial charge in [-0.1, -0.05) is 6.07 Å². The van der Waals surface area contributed by atoms with E-state index < -0.39 is 0 Å². The molecule has 0 amide bonds. The van der Waals surface area contributed by atoms with Crippen molar-refractivity contribution >= 4 is 23.0 Å². The van der Waals surface area contributed by atoms with E-state index in [4.69, 9.17) is 26.1 Å². The number of ether oxygens (including phenoxy) is 2. The molecule has 3 aromatic heterocycles. The number of nitrogens with zero attached hydrogens (tertiary/aromatic N) is 3. The summed E-state index contributed by atoms with van der Waals surface area (Å²) in [6, 6.07) is 19.7. The summed E-state index contributed by atoms with van der Waals surface area (Å²) in [6.45, 7) is 0.857. The highest BCUT2D eigenvalue weighted by atomic mass is 32.1. The average Bonchev–Trinajstić information content (AvgIpc) is 3.61. The third-order valence-electron chi connectivity index (χ3n) is 5.81. The minimum atomic E-state index is -0.126. The van der Waals surface area contributed by atoms with Gasteiger partial charge in [-0.3, -0.25) is 4.98 Å². The molecule has 7 nitrogen and oxygen atoms in total. The summed E-state index contributed by atoms with van der Waals surface area (Å²) in [5, 5.41) is 4.13. The number of anilines is 1. The van der Waals surface area contributed by atoms with Crippen molar-refractivity contribution in [3.8, 4) is 11.5 Å². The number of furan rings is 1. The number of rotatable bonds is 5. The van der Waals surface area contributed by atoms with Crippen LogP contribution in [0.25, 0.3) is 0 Å². The maximum absolute atomic E-state index is 5.82. The minimum absolute atomic E-state index is 0.122. The van der Waals surface area contributed by atoms with Crippen molar-refractivity contribution in [2.45, 2.75) is 18.6 Å². The molecule has 2 aliphatic heterocycles. The van der Waals surface area contributed by atoms with Crippen LogP contribution >= 0.6 is 12.2 Å². The number of nitrogens with one attached hydrogen (secondary N) is 1. The molecule has 0 unspecified atom stereocenters. The Morgan fingerprint density at radius 1 is 1.03 bits per heavy atom. The molecule has 6 rings (SSSR count). The first-order valence-corrected chi connectivity index (χ1v) is 10.8. The van der Waals surface area contributed by atoms with E-state index in [1.54, 1.807) is 6.26 Å². The van der Waals surface area contributed by atoms with E-state index in [1.165, 1.54) is 0 Å². The topological polar surface area (TPSA) is 64.7 Å². The van der Waals surface area contributed by atoms with Gasteiger partial charge in [0.1, 0.15) is 11.8 Å². The third-order valence-corrected chi connectivity index (χ3v) is 6.12. The lowest BCUT2D eigenvalue weighted by molar-refractivity contribution is 0.174. The van der Waals surface area contributed by atoms with Crippen LogP contribution in [0.15, 0.2) is 83.7 Å². The van der Waals surface area contributed by atoms with Crippen molar-refractivity contribution in [3.63, 3.8) is 0 Å². The highest BCUT2D eigenvalue weighted by Gasteiger charge is 2.42. The van der Waals surface area contributed by atoms with Gasteiger partial charge in [0.2, 0.25) is 6.79 Å². The van der Waals surface area contributed by atoms with E-state index in [0.29, 0.717) is 11.7 Å². The first kappa shape index (κ1) is 18.9. The minimum Gasteiger partial charge on any atom is -0.467 e. The van der Waals surface area contributed by atoms with Crippen molar-refractivity contribution in [1.29, 1.82) is 0 Å². The molecule has 2 atom stereocenters. The highest BCUT2D eigenvalue weighted by Crippen LogP contribution is 2.44. The quantitative estimate of drug-likeness (QED) is 0.457. The van der Waals surface area contributed by atoms with Gasteiger partial charge < -0.3 is 28.7 Å². The fraction of sp³-hybridized carbons (Fsp3) is 0.167. The molecular formula is C24H20N4O3S. The Bertz CT molecular complexity index is 1260. The highest BCUT2D eigenvalue weighted by molar-refractivity contribution is 7.80. The molecule has 1 N–H and O–H groups in total. The molecule has 1 aromatic carbocycles. The van der Waals surface area contributed by atoms with Crippen LogP contribution in [-0.4, -0.2) is 21.5 Å². The summed E-state index contributed by atoms with van der Waals surface area (Å²) in [4.78, 5) is 6.75. The molecule has 1 fully saturated rings. The van der Waals surface area contributed by atoms with Crippen molar-refractivity contribution in [3.05, 3.63) is 96.5 Å². The second kappa shape index (κ2) is 7.72. The summed E-state index contributed by atoms with van der Waals surface area (Å²) in [5.41, 5.74) is 2.96. The predicted molar refractivity (Wildman–Crippen MR) is 123 cm³/mol. The second-order valence-corrected chi connectivity index (χ2v) is 8.06. The SMILES string of the molecule is S=C1N[C@H](c2ccccn2)[C@H](c2cccn2Cc2ccco2)N1c1ccc2c(c1)OCO2. The van der Waals surface area contributed by atoms with Gasteiger partial charge in [-0.25, -0.2) is 0 Å². The van der Waals surface area contributed by atoms with Gasteiger partial charge in [0.15, 0.2) is 16.6 Å². The zero-order valence-electron chi connectivity index (χ0n) is 17.0. The Labute approximate surface area is 190 Å². The van der Waals surface area contributed by atoms with Crippen LogP contribution in [0.5, 0.6) is 11.5 Å². The lowest BCUT2D eigenvalue weighted by atomic mass is 10.0. The fourth-order valence-corrected chi connectivity index (χ4v) is 4.72. The molecule has 4 aromatic rings. The van der Waals surface area contributed by atoms with Crippen LogP contribution in [0.4, 0.5) is 5.69 Å². The van der Waals surface area contributed by atoms with E-state index in [2.05, 4.69) is 32.0 Å². The van der Waals surface area contributed by atoms with Crippen LogP contribution in [0, 0.1) is 0 Å². The monoisotopic (exact) mass is 444 g/mol.